The summed E-state index contributed by atoms with van der Waals surface area (Å²) in [7, 11) is -5.32. The van der Waals surface area contributed by atoms with Gasteiger partial charge in [-0.2, -0.15) is 5.70 Å². The molecule has 2 saturated heterocycles. The van der Waals surface area contributed by atoms with E-state index < -0.39 is 143 Å². The molecule has 2 fully saturated rings. The molecule has 7 amide bonds. The number of carbonyl (C=O) groups excluding carboxylic acids is 7. The summed E-state index contributed by atoms with van der Waals surface area (Å²) in [5.41, 5.74) is 36.7. The molecule has 1 aromatic carbocycles. The Morgan fingerprint density at radius 2 is 1.38 bits per heavy atom. The van der Waals surface area contributed by atoms with E-state index in [0.29, 0.717) is 56.4 Å². The molecule has 8 rings (SSSR count). The molecule has 6 aliphatic heterocycles. The Bertz CT molecular complexity index is 3610. The van der Waals surface area contributed by atoms with Gasteiger partial charge in [0.25, 0.3) is 7.82 Å². The van der Waals surface area contributed by atoms with Gasteiger partial charge in [-0.25, -0.2) is 4.98 Å². The summed E-state index contributed by atoms with van der Waals surface area (Å²) in [6.07, 6.45) is -4.79. The number of nitrogens with zero attached hydrogens (tertiary/aromatic N) is 7. The van der Waals surface area contributed by atoms with Gasteiger partial charge in [0, 0.05) is 108 Å². The third kappa shape index (κ3) is 15.0. The molecule has 2 aromatic rings. The second-order valence-corrected chi connectivity index (χ2v) is 28.4. The second kappa shape index (κ2) is 29.1. The van der Waals surface area contributed by atoms with Crippen molar-refractivity contribution in [3.63, 3.8) is 0 Å². The fourth-order valence-electron chi connectivity index (χ4n) is 15.3. The van der Waals surface area contributed by atoms with Crippen molar-refractivity contribution in [2.75, 3.05) is 13.2 Å². The number of aryl methyl sites for hydroxylation is 2. The van der Waals surface area contributed by atoms with Crippen LogP contribution in [0.25, 0.3) is 16.4 Å². The average Bonchev–Trinajstić information content (AvgIpc) is 1.53. The molecular weight excluding hydrogens is 1290 g/mol. The molecular formula is C62H88CoN14O16P. The van der Waals surface area contributed by atoms with Crippen LogP contribution in [-0.2, 0) is 68.7 Å². The Morgan fingerprint density at radius 1 is 0.809 bits per heavy atom. The van der Waals surface area contributed by atoms with Crippen LogP contribution in [0.5, 0.6) is 0 Å². The van der Waals surface area contributed by atoms with E-state index in [1.807, 2.05) is 80.5 Å². The summed E-state index contributed by atoms with van der Waals surface area (Å²) in [6.45, 7) is 19.0. The summed E-state index contributed by atoms with van der Waals surface area (Å²) in [6, 6.07) is 2.65. The van der Waals surface area contributed by atoms with E-state index >= 15 is 0 Å². The molecule has 8 bridgehead atoms. The number of allylic oxidation sites excluding steroid dienone is 6. The molecule has 32 heteroatoms. The van der Waals surface area contributed by atoms with E-state index in [0.717, 1.165) is 16.5 Å². The van der Waals surface area contributed by atoms with Crippen LogP contribution in [-0.4, -0.2) is 127 Å². The number of phosphoric ester groups is 1. The third-order valence-corrected chi connectivity index (χ3v) is 21.6. The number of phosphoric acid groups is 1. The number of imidazole rings is 1. The molecule has 7 heterocycles. The van der Waals surface area contributed by atoms with E-state index in [2.05, 4.69) is 10.3 Å². The Labute approximate surface area is 555 Å². The Balaban J connectivity index is 0.00000343. The minimum Gasteiger partial charge on any atom is -0.756 e. The van der Waals surface area contributed by atoms with Gasteiger partial charge in [-0.15, -0.1) is 5.34 Å². The maximum Gasteiger partial charge on any atom is 3.00 e. The van der Waals surface area contributed by atoms with Gasteiger partial charge in [0.15, 0.2) is 6.23 Å². The number of amides is 7. The SMILES string of the molecule is C/C1=C2/[N-][C@H]([C@H](CC(N)=O)[C@@]2(C)CCC(=O)NC[C@@H](C)OP(=O)([O-])O[C@H]2[C@@H](O)[C@@H](n3cnc4cc(C)c(C)cc43)O[C@@H]2CO)[C@]2(C)N=C(/C(C)=C3N=C(/C=C4N=C1[C@@H](CCC(N)=O)C\4(C)C)[C@@H](CCC(N)=O)[C@]\3(C)CC(N)=O)[C@@H](CCC(N)=O)[C@]2(C)CC(N)=O.O=N[O-].[Co+3]. The van der Waals surface area contributed by atoms with Crippen molar-refractivity contribution in [2.45, 2.75) is 189 Å². The number of rotatable bonds is 26. The van der Waals surface area contributed by atoms with Crippen LogP contribution < -0.4 is 44.6 Å². The summed E-state index contributed by atoms with van der Waals surface area (Å²) in [4.78, 5) is 136. The zero-order valence-corrected chi connectivity index (χ0v) is 56.7. The minimum atomic E-state index is -5.32. The maximum absolute atomic E-state index is 14.4. The Hall–Kier alpha value is -7.09. The Morgan fingerprint density at radius 3 is 1.95 bits per heavy atom. The number of nitrogens with one attached hydrogen (secondary N) is 1. The van der Waals surface area contributed by atoms with Crippen LogP contribution >= 0.6 is 7.82 Å². The molecule has 15 atom stereocenters. The van der Waals surface area contributed by atoms with Gasteiger partial charge in [0.1, 0.15) is 18.3 Å². The molecule has 1 unspecified atom stereocenters. The first-order chi connectivity index (χ1) is 43.2. The number of carbonyl (C=O) groups is 7. The van der Waals surface area contributed by atoms with Crippen LogP contribution in [0.1, 0.15) is 150 Å². The summed E-state index contributed by atoms with van der Waals surface area (Å²) in [5.74, 6) is -7.40. The predicted octanol–water partition coefficient (Wildman–Crippen LogP) is 3.56. The first kappa shape index (κ1) is 75.9. The number of nitrogens with two attached hydrogens (primary N) is 6. The maximum atomic E-state index is 14.4. The molecule has 6 aliphatic rings. The van der Waals surface area contributed by atoms with Gasteiger partial charge < -0.3 is 88.6 Å². The zero-order chi connectivity index (χ0) is 69.4. The smallest absolute Gasteiger partial charge is 0.756 e. The van der Waals surface area contributed by atoms with Crippen LogP contribution in [0.15, 0.2) is 73.1 Å². The number of fused-ring (bicyclic) bond motifs is 7. The van der Waals surface area contributed by atoms with Crippen molar-refractivity contribution in [2.24, 2.45) is 100 Å². The van der Waals surface area contributed by atoms with Gasteiger partial charge in [-0.05, 0) is 119 Å². The third-order valence-electron chi connectivity index (χ3n) is 20.5. The molecule has 0 spiro atoms. The van der Waals surface area contributed by atoms with Crippen molar-refractivity contribution in [1.82, 2.24) is 14.9 Å². The molecule has 1 aromatic heterocycles. The van der Waals surface area contributed by atoms with E-state index in [9.17, 15) is 53.2 Å². The van der Waals surface area contributed by atoms with E-state index in [1.54, 1.807) is 6.92 Å². The van der Waals surface area contributed by atoms with Crippen LogP contribution in [0.3, 0.4) is 0 Å². The normalized spacial score (nSPS) is 32.9. The number of benzene rings is 1. The topological polar surface area (TPSA) is 517 Å². The van der Waals surface area contributed by atoms with Crippen molar-refractivity contribution in [1.29, 1.82) is 0 Å². The molecule has 15 N–H and O–H groups in total. The first-order valence-electron chi connectivity index (χ1n) is 30.9. The fraction of sp³-hybridized carbons (Fsp3) is 0.629. The molecule has 0 radical (unpaired) electrons. The summed E-state index contributed by atoms with van der Waals surface area (Å²) < 4.78 is 31.9. The zero-order valence-electron chi connectivity index (χ0n) is 54.8. The van der Waals surface area contributed by atoms with Crippen LogP contribution in [0.4, 0.5) is 0 Å². The van der Waals surface area contributed by atoms with Gasteiger partial charge in [0.2, 0.25) is 41.4 Å². The van der Waals surface area contributed by atoms with Crippen LogP contribution in [0, 0.1) is 69.3 Å². The molecule has 0 aliphatic carbocycles. The number of primary amides is 6. The minimum absolute atomic E-state index is 0. The average molecular weight is 1380 g/mol. The number of hydrogen-bond donors (Lipinski definition) is 9. The number of aliphatic imine (C=N–C) groups is 3. The monoisotopic (exact) mass is 1370 g/mol. The van der Waals surface area contributed by atoms with Gasteiger partial charge in [0.05, 0.1) is 41.3 Å². The van der Waals surface area contributed by atoms with Crippen molar-refractivity contribution in [3.8, 4) is 0 Å². The van der Waals surface area contributed by atoms with Crippen molar-refractivity contribution >= 4 is 77.3 Å². The standard InChI is InChI=1S/C62H90N13O14P.Co.HNO2/c1-29-20-39-40(21-30(29)2)75(28-70-39)57-52(84)53(41(27-76)87-57)89-90(85,86)88-31(3)26-69-49(83)18-19-59(8)37(22-46(66)80)56-62(11)61(10,25-48(68)82)36(14-17-45(65)79)51(74-62)33(5)55-60(9,24-47(67)81)34(12-15-43(63)77)38(71-55)23-42-58(6,7)35(13-16-44(64)78)50(72-42)32(4)54(59)73-56;;2-1-3/h20-21,23,28,31,34-37,41,52-53,56-57,76,84H,12-19,22,24-27H2,1-11H3,(H15,63,64,65,66,67,68,69,71,72,73,74,77,78,79,80,81,82,83,85,86);;(H,2,3)/q;+3;/p-3/t31-,34-,35-,36-,37+,41-,52-,53-,56-,57+,59-,60+,61+,62+;;/m1../s1. The van der Waals surface area contributed by atoms with Gasteiger partial charge in [-0.3, -0.25) is 53.1 Å². The quantitative estimate of drug-likeness (QED) is 0.0369. The van der Waals surface area contributed by atoms with Crippen LogP contribution in [0.2, 0.25) is 0 Å². The summed E-state index contributed by atoms with van der Waals surface area (Å²) >= 11 is 0. The van der Waals surface area contributed by atoms with E-state index in [1.165, 1.54) is 17.8 Å². The molecule has 94 heavy (non-hydrogen) atoms. The van der Waals surface area contributed by atoms with Crippen molar-refractivity contribution in [3.05, 3.63) is 79.3 Å². The number of aliphatic hydroxyl groups excluding tert-OH is 2. The van der Waals surface area contributed by atoms with E-state index in [-0.39, 0.29) is 94.0 Å². The molecule has 30 nitrogen and oxygen atoms in total. The van der Waals surface area contributed by atoms with Crippen molar-refractivity contribution < 1.29 is 83.8 Å². The number of ether oxygens (including phenoxy) is 1. The molecule has 0 saturated carbocycles. The van der Waals surface area contributed by atoms with Gasteiger partial charge >= 0.3 is 16.8 Å². The number of aromatic nitrogens is 2. The largest absolute Gasteiger partial charge is 3.00 e. The number of aliphatic hydroxyl groups is 2. The fourth-order valence-corrected chi connectivity index (χ4v) is 16.4. The molecule has 516 valence electrons. The predicted molar refractivity (Wildman–Crippen MR) is 341 cm³/mol. The first-order valence-corrected chi connectivity index (χ1v) is 32.3. The number of hydrogen-bond acceptors (Lipinski definition) is 21. The van der Waals surface area contributed by atoms with Gasteiger partial charge in [-0.1, -0.05) is 40.7 Å². The Kier molecular flexibility index (Phi) is 23.5. The second-order valence-electron chi connectivity index (χ2n) is 27.1. The van der Waals surface area contributed by atoms with E-state index in [4.69, 9.17) is 78.6 Å². The summed E-state index contributed by atoms with van der Waals surface area (Å²) in [5, 5.41) is 39.1.